The van der Waals surface area contributed by atoms with Gasteiger partial charge >= 0.3 is 0 Å². The van der Waals surface area contributed by atoms with E-state index in [1.54, 1.807) is 12.1 Å². The molecule has 0 nitrogen and oxygen atoms in total. The van der Waals surface area contributed by atoms with E-state index in [1.807, 2.05) is 30.3 Å². The van der Waals surface area contributed by atoms with Gasteiger partial charge in [-0.05, 0) is 23.6 Å². The molecular weight excluding hydrogens is 258 g/mol. The summed E-state index contributed by atoms with van der Waals surface area (Å²) in [7, 11) is 0. The zero-order chi connectivity index (χ0) is 12.3. The van der Waals surface area contributed by atoms with Crippen LogP contribution in [-0.4, -0.2) is 5.88 Å². The van der Waals surface area contributed by atoms with Gasteiger partial charge in [0.05, 0.1) is 5.02 Å². The Morgan fingerprint density at radius 2 is 1.71 bits per heavy atom. The molecule has 0 saturated carbocycles. The first-order valence-corrected chi connectivity index (χ1v) is 6.23. The maximum absolute atomic E-state index is 14.3. The summed E-state index contributed by atoms with van der Waals surface area (Å²) >= 11 is 11.7. The SMILES string of the molecule is Fc1c(CCCl)ccc(Cl)c1-c1ccccc1. The first kappa shape index (κ1) is 12.4. The summed E-state index contributed by atoms with van der Waals surface area (Å²) in [5.74, 6) is 0.122. The predicted octanol–water partition coefficient (Wildman–Crippen LogP) is 4.93. The first-order chi connectivity index (χ1) is 8.24. The molecule has 0 aromatic heterocycles. The van der Waals surface area contributed by atoms with Crippen LogP contribution < -0.4 is 0 Å². The summed E-state index contributed by atoms with van der Waals surface area (Å²) in [6.07, 6.45) is 0.504. The van der Waals surface area contributed by atoms with Crippen LogP contribution in [0.3, 0.4) is 0 Å². The molecule has 0 bridgehead atoms. The molecule has 0 spiro atoms. The van der Waals surface area contributed by atoms with Crippen LogP contribution in [0.4, 0.5) is 4.39 Å². The van der Waals surface area contributed by atoms with Gasteiger partial charge in [0.15, 0.2) is 0 Å². The molecule has 2 aromatic carbocycles. The average Bonchev–Trinajstić information content (AvgIpc) is 2.35. The van der Waals surface area contributed by atoms with E-state index in [0.717, 1.165) is 5.56 Å². The summed E-state index contributed by atoms with van der Waals surface area (Å²) < 4.78 is 14.3. The summed E-state index contributed by atoms with van der Waals surface area (Å²) in [5, 5.41) is 0.423. The fraction of sp³-hybridized carbons (Fsp3) is 0.143. The van der Waals surface area contributed by atoms with Crippen LogP contribution in [0.15, 0.2) is 42.5 Å². The number of hydrogen-bond donors (Lipinski definition) is 0. The molecule has 2 aromatic rings. The van der Waals surface area contributed by atoms with Crippen molar-refractivity contribution >= 4 is 23.2 Å². The van der Waals surface area contributed by atoms with Crippen molar-refractivity contribution < 1.29 is 4.39 Å². The Bertz CT molecular complexity index is 509. The highest BCUT2D eigenvalue weighted by Crippen LogP contribution is 2.32. The van der Waals surface area contributed by atoms with Crippen molar-refractivity contribution in [3.63, 3.8) is 0 Å². The third kappa shape index (κ3) is 2.62. The van der Waals surface area contributed by atoms with E-state index in [4.69, 9.17) is 23.2 Å². The average molecular weight is 269 g/mol. The minimum absolute atomic E-state index is 0.274. The monoisotopic (exact) mass is 268 g/mol. The Morgan fingerprint density at radius 3 is 2.35 bits per heavy atom. The summed E-state index contributed by atoms with van der Waals surface area (Å²) in [6, 6.07) is 12.7. The maximum atomic E-state index is 14.3. The zero-order valence-electron chi connectivity index (χ0n) is 9.09. The van der Waals surface area contributed by atoms with Gasteiger partial charge in [0.2, 0.25) is 0 Å². The fourth-order valence-corrected chi connectivity index (χ4v) is 2.22. The molecule has 0 atom stereocenters. The maximum Gasteiger partial charge on any atom is 0.135 e. The van der Waals surface area contributed by atoms with E-state index in [1.165, 1.54) is 0 Å². The number of halogens is 3. The molecule has 0 amide bonds. The molecule has 0 fully saturated rings. The molecular formula is C14H11Cl2F. The van der Waals surface area contributed by atoms with Crippen LogP contribution >= 0.6 is 23.2 Å². The molecule has 0 N–H and O–H groups in total. The first-order valence-electron chi connectivity index (χ1n) is 5.32. The zero-order valence-corrected chi connectivity index (χ0v) is 10.6. The Labute approximate surface area is 110 Å². The van der Waals surface area contributed by atoms with Gasteiger partial charge in [0.1, 0.15) is 5.82 Å². The van der Waals surface area contributed by atoms with E-state index < -0.39 is 0 Å². The van der Waals surface area contributed by atoms with Gasteiger partial charge in [-0.1, -0.05) is 48.0 Å². The number of benzene rings is 2. The Kier molecular flexibility index (Phi) is 4.03. The third-order valence-corrected chi connectivity index (χ3v) is 3.10. The summed E-state index contributed by atoms with van der Waals surface area (Å²) in [4.78, 5) is 0. The molecule has 3 heteroatoms. The van der Waals surface area contributed by atoms with Crippen LogP contribution in [0.25, 0.3) is 11.1 Å². The molecule has 0 radical (unpaired) electrons. The highest BCUT2D eigenvalue weighted by molar-refractivity contribution is 6.33. The Morgan fingerprint density at radius 1 is 1.00 bits per heavy atom. The van der Waals surface area contributed by atoms with Gasteiger partial charge in [-0.2, -0.15) is 0 Å². The van der Waals surface area contributed by atoms with Crippen molar-refractivity contribution in [3.8, 4) is 11.1 Å². The fourth-order valence-electron chi connectivity index (χ4n) is 1.76. The molecule has 0 saturated heterocycles. The topological polar surface area (TPSA) is 0 Å². The molecule has 0 aliphatic heterocycles. The van der Waals surface area contributed by atoms with E-state index in [-0.39, 0.29) is 5.82 Å². The number of alkyl halides is 1. The van der Waals surface area contributed by atoms with Crippen LogP contribution in [-0.2, 0) is 6.42 Å². The van der Waals surface area contributed by atoms with E-state index in [0.29, 0.717) is 28.5 Å². The normalized spacial score (nSPS) is 10.5. The van der Waals surface area contributed by atoms with Crippen molar-refractivity contribution in [1.82, 2.24) is 0 Å². The highest BCUT2D eigenvalue weighted by atomic mass is 35.5. The largest absolute Gasteiger partial charge is 0.206 e. The van der Waals surface area contributed by atoms with Crippen LogP contribution in [0, 0.1) is 5.82 Å². The standard InChI is InChI=1S/C14H11Cl2F/c15-9-8-11-6-7-12(16)13(14(11)17)10-4-2-1-3-5-10/h1-7H,8-9H2. The van der Waals surface area contributed by atoms with Gasteiger partial charge in [0.25, 0.3) is 0 Å². The Hall–Kier alpha value is -1.05. The van der Waals surface area contributed by atoms with E-state index >= 15 is 0 Å². The summed E-state index contributed by atoms with van der Waals surface area (Å²) in [6.45, 7) is 0. The van der Waals surface area contributed by atoms with Gasteiger partial charge in [-0.3, -0.25) is 0 Å². The van der Waals surface area contributed by atoms with E-state index in [2.05, 4.69) is 0 Å². The number of hydrogen-bond acceptors (Lipinski definition) is 0. The number of aryl methyl sites for hydroxylation is 1. The van der Waals surface area contributed by atoms with Crippen molar-refractivity contribution in [1.29, 1.82) is 0 Å². The van der Waals surface area contributed by atoms with Gasteiger partial charge < -0.3 is 0 Å². The Balaban J connectivity index is 2.56. The lowest BCUT2D eigenvalue weighted by molar-refractivity contribution is 0.616. The van der Waals surface area contributed by atoms with Crippen molar-refractivity contribution in [3.05, 3.63) is 58.9 Å². The molecule has 88 valence electrons. The van der Waals surface area contributed by atoms with Gasteiger partial charge in [0, 0.05) is 11.4 Å². The van der Waals surface area contributed by atoms with Crippen molar-refractivity contribution in [2.24, 2.45) is 0 Å². The lowest BCUT2D eigenvalue weighted by Crippen LogP contribution is -1.95. The highest BCUT2D eigenvalue weighted by Gasteiger charge is 2.13. The molecule has 2 rings (SSSR count). The molecule has 0 heterocycles. The minimum Gasteiger partial charge on any atom is -0.206 e. The minimum atomic E-state index is -0.274. The smallest absolute Gasteiger partial charge is 0.135 e. The molecule has 0 aliphatic rings. The van der Waals surface area contributed by atoms with Crippen LogP contribution in [0.5, 0.6) is 0 Å². The second kappa shape index (κ2) is 5.52. The molecule has 0 unspecified atom stereocenters. The second-order valence-electron chi connectivity index (χ2n) is 3.70. The second-order valence-corrected chi connectivity index (χ2v) is 4.49. The molecule has 17 heavy (non-hydrogen) atoms. The van der Waals surface area contributed by atoms with E-state index in [9.17, 15) is 4.39 Å². The number of rotatable bonds is 3. The quantitative estimate of drug-likeness (QED) is 0.693. The van der Waals surface area contributed by atoms with Crippen molar-refractivity contribution in [2.45, 2.75) is 6.42 Å². The van der Waals surface area contributed by atoms with Gasteiger partial charge in [-0.25, -0.2) is 4.39 Å². The lowest BCUT2D eigenvalue weighted by atomic mass is 10.0. The van der Waals surface area contributed by atoms with Gasteiger partial charge in [-0.15, -0.1) is 11.6 Å². The van der Waals surface area contributed by atoms with Crippen LogP contribution in [0.1, 0.15) is 5.56 Å². The summed E-state index contributed by atoms with van der Waals surface area (Å²) in [5.41, 5.74) is 1.84. The van der Waals surface area contributed by atoms with Crippen LogP contribution in [0.2, 0.25) is 5.02 Å². The molecule has 0 aliphatic carbocycles. The predicted molar refractivity (Wildman–Crippen MR) is 71.3 cm³/mol. The lowest BCUT2D eigenvalue weighted by Gasteiger charge is -2.09. The van der Waals surface area contributed by atoms with Crippen molar-refractivity contribution in [2.75, 3.05) is 5.88 Å². The third-order valence-electron chi connectivity index (χ3n) is 2.60.